The fourth-order valence-corrected chi connectivity index (χ4v) is 2.86. The van der Waals surface area contributed by atoms with Crippen molar-refractivity contribution in [1.82, 2.24) is 14.9 Å². The van der Waals surface area contributed by atoms with Gasteiger partial charge in [0.1, 0.15) is 5.82 Å². The number of amides is 1. The quantitative estimate of drug-likeness (QED) is 0.752. The Kier molecular flexibility index (Phi) is 4.93. The van der Waals surface area contributed by atoms with Gasteiger partial charge in [0.2, 0.25) is 0 Å². The lowest BCUT2D eigenvalue weighted by Crippen LogP contribution is -2.27. The Morgan fingerprint density at radius 1 is 1.08 bits per heavy atom. The number of imidazole rings is 1. The molecule has 0 spiro atoms. The van der Waals surface area contributed by atoms with Gasteiger partial charge in [-0.15, -0.1) is 0 Å². The molecule has 0 bridgehead atoms. The number of aromatic nitrogens is 2. The third-order valence-corrected chi connectivity index (χ3v) is 4.31. The average Bonchev–Trinajstić information content (AvgIpc) is 2.99. The molecule has 5 heteroatoms. The van der Waals surface area contributed by atoms with Crippen LogP contribution in [0.2, 0.25) is 0 Å². The molecule has 1 aromatic heterocycles. The molecule has 1 amide bonds. The van der Waals surface area contributed by atoms with E-state index in [2.05, 4.69) is 10.3 Å². The zero-order valence-corrected chi connectivity index (χ0v) is 14.4. The van der Waals surface area contributed by atoms with Crippen LogP contribution < -0.4 is 5.32 Å². The van der Waals surface area contributed by atoms with Gasteiger partial charge in [0.25, 0.3) is 5.91 Å². The summed E-state index contributed by atoms with van der Waals surface area (Å²) in [6.07, 6.45) is 0.560. The van der Waals surface area contributed by atoms with Gasteiger partial charge in [-0.05, 0) is 38.1 Å². The second-order valence-corrected chi connectivity index (χ2v) is 6.05. The van der Waals surface area contributed by atoms with Gasteiger partial charge in [-0.1, -0.05) is 30.3 Å². The maximum atomic E-state index is 12.1. The van der Waals surface area contributed by atoms with Crippen LogP contribution in [0, 0.1) is 0 Å². The minimum atomic E-state index is -0.285. The summed E-state index contributed by atoms with van der Waals surface area (Å²) in [4.78, 5) is 28.7. The highest BCUT2D eigenvalue weighted by Gasteiger charge is 2.18. The van der Waals surface area contributed by atoms with Crippen molar-refractivity contribution >= 4 is 22.7 Å². The van der Waals surface area contributed by atoms with Crippen LogP contribution >= 0.6 is 0 Å². The first-order chi connectivity index (χ1) is 12.1. The lowest BCUT2D eigenvalue weighted by Gasteiger charge is -2.15. The van der Waals surface area contributed by atoms with Crippen LogP contribution in [0.3, 0.4) is 0 Å². The summed E-state index contributed by atoms with van der Waals surface area (Å²) in [5, 5.41) is 2.91. The van der Waals surface area contributed by atoms with Crippen molar-refractivity contribution in [2.24, 2.45) is 0 Å². The highest BCUT2D eigenvalue weighted by atomic mass is 16.1. The van der Waals surface area contributed by atoms with Crippen LogP contribution in [0.1, 0.15) is 36.1 Å². The molecule has 3 aromatic rings. The lowest BCUT2D eigenvalue weighted by atomic mass is 10.2. The molecule has 25 heavy (non-hydrogen) atoms. The number of carbonyl (C=O) groups is 2. The summed E-state index contributed by atoms with van der Waals surface area (Å²) < 4.78 is 1.96. The van der Waals surface area contributed by atoms with E-state index in [1.807, 2.05) is 54.0 Å². The molecular weight excluding hydrogens is 314 g/mol. The molecule has 1 atom stereocenters. The molecule has 1 N–H and O–H groups in total. The molecule has 0 saturated heterocycles. The van der Waals surface area contributed by atoms with E-state index >= 15 is 0 Å². The van der Waals surface area contributed by atoms with E-state index in [0.717, 1.165) is 16.9 Å². The fourth-order valence-electron chi connectivity index (χ4n) is 2.86. The number of benzene rings is 2. The maximum Gasteiger partial charge on any atom is 0.251 e. The molecular formula is C20H21N3O2. The van der Waals surface area contributed by atoms with Gasteiger partial charge in [0, 0.05) is 18.5 Å². The molecule has 0 saturated carbocycles. The number of ketones is 1. The number of hydrogen-bond donors (Lipinski definition) is 1. The Morgan fingerprint density at radius 2 is 1.76 bits per heavy atom. The first-order valence-electron chi connectivity index (χ1n) is 8.37. The number of para-hydroxylation sites is 2. The zero-order chi connectivity index (χ0) is 17.8. The summed E-state index contributed by atoms with van der Waals surface area (Å²) in [7, 11) is 0. The number of rotatable bonds is 6. The predicted molar refractivity (Wildman–Crippen MR) is 97.6 cm³/mol. The van der Waals surface area contributed by atoms with Crippen LogP contribution in [0.4, 0.5) is 0 Å². The molecule has 0 aliphatic rings. The van der Waals surface area contributed by atoms with Crippen LogP contribution in [0.5, 0.6) is 0 Å². The highest BCUT2D eigenvalue weighted by molar-refractivity contribution is 5.94. The molecule has 0 aliphatic heterocycles. The maximum absolute atomic E-state index is 12.1. The number of fused-ring (bicyclic) bond motifs is 1. The molecule has 0 radical (unpaired) electrons. The van der Waals surface area contributed by atoms with Crippen LogP contribution in [-0.4, -0.2) is 27.8 Å². The number of nitrogens with one attached hydrogen (secondary N) is 1. The SMILES string of the molecule is CC(=O)C(C)n1c(CCNC(=O)c2ccccc2)nc2ccccc21. The number of Topliss-reactive ketones (excluding diaryl/α,β-unsaturated/α-hetero) is 1. The van der Waals surface area contributed by atoms with Gasteiger partial charge < -0.3 is 9.88 Å². The van der Waals surface area contributed by atoms with Crippen molar-refractivity contribution in [3.63, 3.8) is 0 Å². The van der Waals surface area contributed by atoms with Gasteiger partial charge in [0.15, 0.2) is 5.78 Å². The third kappa shape index (κ3) is 3.60. The first-order valence-corrected chi connectivity index (χ1v) is 8.37. The summed E-state index contributed by atoms with van der Waals surface area (Å²) in [6, 6.07) is 16.6. The second kappa shape index (κ2) is 7.30. The van der Waals surface area contributed by atoms with Crippen LogP contribution in [-0.2, 0) is 11.2 Å². The Morgan fingerprint density at radius 3 is 2.48 bits per heavy atom. The Hall–Kier alpha value is -2.95. The Labute approximate surface area is 146 Å². The Balaban J connectivity index is 1.78. The van der Waals surface area contributed by atoms with E-state index in [1.165, 1.54) is 0 Å². The van der Waals surface area contributed by atoms with Crippen LogP contribution in [0.25, 0.3) is 11.0 Å². The summed E-state index contributed by atoms with van der Waals surface area (Å²) in [5.41, 5.74) is 2.43. The van der Waals surface area contributed by atoms with E-state index in [-0.39, 0.29) is 17.7 Å². The molecule has 1 heterocycles. The van der Waals surface area contributed by atoms with Crippen molar-refractivity contribution < 1.29 is 9.59 Å². The van der Waals surface area contributed by atoms with Gasteiger partial charge in [-0.2, -0.15) is 0 Å². The van der Waals surface area contributed by atoms with Crippen LogP contribution in [0.15, 0.2) is 54.6 Å². The molecule has 5 nitrogen and oxygen atoms in total. The highest BCUT2D eigenvalue weighted by Crippen LogP contribution is 2.22. The van der Waals surface area contributed by atoms with Gasteiger partial charge in [-0.25, -0.2) is 4.98 Å². The monoisotopic (exact) mass is 335 g/mol. The number of nitrogens with zero attached hydrogens (tertiary/aromatic N) is 2. The number of carbonyl (C=O) groups excluding carboxylic acids is 2. The molecule has 2 aromatic carbocycles. The van der Waals surface area contributed by atoms with Crippen molar-refractivity contribution in [2.45, 2.75) is 26.3 Å². The van der Waals surface area contributed by atoms with E-state index in [0.29, 0.717) is 18.5 Å². The third-order valence-electron chi connectivity index (χ3n) is 4.31. The zero-order valence-electron chi connectivity index (χ0n) is 14.4. The standard InChI is InChI=1S/C20H21N3O2/c1-14(15(2)24)23-18-11-7-6-10-17(18)22-19(23)12-13-21-20(25)16-8-4-3-5-9-16/h3-11,14H,12-13H2,1-2H3,(H,21,25). The van der Waals surface area contributed by atoms with Crippen molar-refractivity contribution in [2.75, 3.05) is 6.54 Å². The smallest absolute Gasteiger partial charge is 0.251 e. The fraction of sp³-hybridized carbons (Fsp3) is 0.250. The minimum Gasteiger partial charge on any atom is -0.352 e. The topological polar surface area (TPSA) is 64.0 Å². The summed E-state index contributed by atoms with van der Waals surface area (Å²) in [6.45, 7) is 3.92. The average molecular weight is 335 g/mol. The predicted octanol–water partition coefficient (Wildman–Crippen LogP) is 3.16. The molecule has 0 fully saturated rings. The van der Waals surface area contributed by atoms with E-state index in [9.17, 15) is 9.59 Å². The molecule has 128 valence electrons. The lowest BCUT2D eigenvalue weighted by molar-refractivity contribution is -0.119. The summed E-state index contributed by atoms with van der Waals surface area (Å²) >= 11 is 0. The van der Waals surface area contributed by atoms with E-state index in [1.54, 1.807) is 19.1 Å². The van der Waals surface area contributed by atoms with Crippen molar-refractivity contribution in [1.29, 1.82) is 0 Å². The molecule has 1 unspecified atom stereocenters. The Bertz CT molecular complexity index is 900. The largest absolute Gasteiger partial charge is 0.352 e. The van der Waals surface area contributed by atoms with Gasteiger partial charge in [-0.3, -0.25) is 9.59 Å². The molecule has 0 aliphatic carbocycles. The van der Waals surface area contributed by atoms with E-state index in [4.69, 9.17) is 0 Å². The number of hydrogen-bond acceptors (Lipinski definition) is 3. The molecule has 3 rings (SSSR count). The van der Waals surface area contributed by atoms with E-state index < -0.39 is 0 Å². The summed E-state index contributed by atoms with van der Waals surface area (Å²) in [5.74, 6) is 0.776. The van der Waals surface area contributed by atoms with Gasteiger partial charge in [0.05, 0.1) is 17.1 Å². The van der Waals surface area contributed by atoms with Gasteiger partial charge >= 0.3 is 0 Å². The normalized spacial score (nSPS) is 12.1. The second-order valence-electron chi connectivity index (χ2n) is 6.05. The van der Waals surface area contributed by atoms with Crippen molar-refractivity contribution in [3.8, 4) is 0 Å². The minimum absolute atomic E-state index is 0.0812. The van der Waals surface area contributed by atoms with Crippen molar-refractivity contribution in [3.05, 3.63) is 66.0 Å². The first kappa shape index (κ1) is 16.9.